The first-order valence-electron chi connectivity index (χ1n) is 18.0. The van der Waals surface area contributed by atoms with Crippen molar-refractivity contribution in [1.82, 2.24) is 10.2 Å². The Bertz CT molecular complexity index is 2300. The van der Waals surface area contributed by atoms with Crippen LogP contribution in [0.2, 0.25) is 10.0 Å². The largest absolute Gasteiger partial charge is 0.464 e. The van der Waals surface area contributed by atoms with Crippen LogP contribution in [0.1, 0.15) is 76.4 Å². The molecule has 298 valence electrons. The number of amides is 2. The monoisotopic (exact) mass is 862 g/mol. The van der Waals surface area contributed by atoms with Crippen molar-refractivity contribution in [3.05, 3.63) is 98.7 Å². The molecule has 0 saturated carbocycles. The van der Waals surface area contributed by atoms with Gasteiger partial charge in [-0.05, 0) is 78.8 Å². The highest BCUT2D eigenvalue weighted by atomic mass is 35.5. The number of rotatable bonds is 14. The number of benzene rings is 3. The summed E-state index contributed by atoms with van der Waals surface area (Å²) in [5.41, 5.74) is 2.66. The molecule has 2 amide bonds. The van der Waals surface area contributed by atoms with Crippen molar-refractivity contribution in [3.8, 4) is 0 Å². The fourth-order valence-electron chi connectivity index (χ4n) is 6.72. The Morgan fingerprint density at radius 1 is 1.07 bits per heavy atom. The van der Waals surface area contributed by atoms with Crippen molar-refractivity contribution in [2.75, 3.05) is 18.6 Å². The van der Waals surface area contributed by atoms with E-state index in [1.165, 1.54) is 35.9 Å². The molecule has 3 unspecified atom stereocenters. The minimum atomic E-state index is -3.59. The highest BCUT2D eigenvalue weighted by molar-refractivity contribution is 8.69. The molecular weight excluding hydrogens is 824 g/mol. The number of carbonyl (C=O) groups excluding carboxylic acids is 4. The number of nitrogens with one attached hydrogen (secondary N) is 1. The summed E-state index contributed by atoms with van der Waals surface area (Å²) in [5.74, 6) is -1.66. The summed E-state index contributed by atoms with van der Waals surface area (Å²) in [6.07, 6.45) is 4.39. The molecule has 6 rings (SSSR count). The molecular formula is C39H40Cl2N2O10S3. The maximum atomic E-state index is 13.9. The van der Waals surface area contributed by atoms with Gasteiger partial charge in [-0.15, -0.1) is 0 Å². The average Bonchev–Trinajstić information content (AvgIpc) is 3.80. The maximum absolute atomic E-state index is 13.9. The Kier molecular flexibility index (Phi) is 13.5. The van der Waals surface area contributed by atoms with Crippen molar-refractivity contribution in [2.24, 2.45) is 0 Å². The highest BCUT2D eigenvalue weighted by Crippen LogP contribution is 2.35. The van der Waals surface area contributed by atoms with E-state index in [1.54, 1.807) is 35.4 Å². The fourth-order valence-corrected chi connectivity index (χ4v) is 11.7. The standard InChI is InChI=1S/C39H40Cl2N2O10S3/c1-23(52-34(44)9-4-3-7-28-14-17-54-55(28)48)53-39(47)32(19-24-6-5-8-29(18-24)56(2,49)50)42-37(45)35-31(40)20-27-22-43(15-12-30(27)36(35)41)38(46)26-11-10-25-13-16-51-33(25)21-26/h5-6,8,10-11,13,16,18,20-21,23,28,32H,3-4,7,9,12,14-15,17,19,22H2,1-2H3,(H,42,45)/t23?,28-,32?,55?/m1/s1. The number of esters is 2. The summed E-state index contributed by atoms with van der Waals surface area (Å²) >= 11 is 13.5. The van der Waals surface area contributed by atoms with Crippen molar-refractivity contribution in [2.45, 2.75) is 80.9 Å². The zero-order valence-electron chi connectivity index (χ0n) is 30.6. The summed E-state index contributed by atoms with van der Waals surface area (Å²) in [4.78, 5) is 55.2. The second-order valence-electron chi connectivity index (χ2n) is 13.7. The number of sulfone groups is 1. The molecule has 1 fully saturated rings. The molecule has 4 aromatic rings. The van der Waals surface area contributed by atoms with Gasteiger partial charge in [-0.1, -0.05) is 58.6 Å². The third kappa shape index (κ3) is 10.2. The van der Waals surface area contributed by atoms with Crippen LogP contribution < -0.4 is 5.32 Å². The van der Waals surface area contributed by atoms with Crippen LogP contribution in [0.3, 0.4) is 0 Å². The number of unbranched alkanes of at least 4 members (excludes halogenated alkanes) is 1. The summed E-state index contributed by atoms with van der Waals surface area (Å²) in [6.45, 7) is 1.88. The maximum Gasteiger partial charge on any atom is 0.332 e. The first-order chi connectivity index (χ1) is 26.7. The summed E-state index contributed by atoms with van der Waals surface area (Å²) in [6, 6.07) is 13.2. The molecule has 0 aliphatic carbocycles. The first-order valence-corrected chi connectivity index (χ1v) is 23.3. The van der Waals surface area contributed by atoms with Gasteiger partial charge in [0.1, 0.15) is 11.6 Å². The van der Waals surface area contributed by atoms with Gasteiger partial charge in [-0.2, -0.15) is 0 Å². The number of furan rings is 1. The van der Waals surface area contributed by atoms with E-state index in [0.29, 0.717) is 53.6 Å². The second-order valence-corrected chi connectivity index (χ2v) is 20.0. The average molecular weight is 864 g/mol. The van der Waals surface area contributed by atoms with Gasteiger partial charge in [0, 0.05) is 61.1 Å². The Balaban J connectivity index is 1.14. The predicted molar refractivity (Wildman–Crippen MR) is 215 cm³/mol. The van der Waals surface area contributed by atoms with Gasteiger partial charge in [0.15, 0.2) is 9.84 Å². The quantitative estimate of drug-likeness (QED) is 0.0610. The van der Waals surface area contributed by atoms with E-state index in [1.807, 2.05) is 12.1 Å². The third-order valence-corrected chi connectivity index (χ3v) is 15.1. The van der Waals surface area contributed by atoms with Gasteiger partial charge in [-0.3, -0.25) is 14.4 Å². The molecule has 0 spiro atoms. The van der Waals surface area contributed by atoms with Crippen LogP contribution in [-0.2, 0) is 58.1 Å². The zero-order chi connectivity index (χ0) is 40.1. The van der Waals surface area contributed by atoms with E-state index in [4.69, 9.17) is 37.1 Å². The Morgan fingerprint density at radius 2 is 1.88 bits per heavy atom. The minimum Gasteiger partial charge on any atom is -0.464 e. The highest BCUT2D eigenvalue weighted by Gasteiger charge is 2.32. The molecule has 2 aliphatic rings. The van der Waals surface area contributed by atoms with Crippen LogP contribution in [0.25, 0.3) is 11.0 Å². The molecule has 3 heterocycles. The molecule has 56 heavy (non-hydrogen) atoms. The molecule has 3 aromatic carbocycles. The summed E-state index contributed by atoms with van der Waals surface area (Å²) in [7, 11) is -3.04. The predicted octanol–water partition coefficient (Wildman–Crippen LogP) is 6.84. The van der Waals surface area contributed by atoms with E-state index in [0.717, 1.165) is 30.2 Å². The Morgan fingerprint density at radius 3 is 2.62 bits per heavy atom. The molecule has 0 radical (unpaired) electrons. The number of fused-ring (bicyclic) bond motifs is 2. The summed E-state index contributed by atoms with van der Waals surface area (Å²) in [5, 5.41) is 3.71. The summed E-state index contributed by atoms with van der Waals surface area (Å²) < 4.78 is 52.8. The van der Waals surface area contributed by atoms with Gasteiger partial charge in [0.25, 0.3) is 11.8 Å². The normalized spacial score (nSPS) is 17.9. The van der Waals surface area contributed by atoms with Gasteiger partial charge < -0.3 is 24.1 Å². The topological polar surface area (TPSA) is 166 Å². The van der Waals surface area contributed by atoms with Crippen molar-refractivity contribution < 1.29 is 45.7 Å². The SMILES string of the molecule is CC(OC(=O)CCCC[C@@H]1CCSS1=O)OC(=O)C(Cc1cccc(S(C)(=O)=O)c1)NC(=O)c1c(Cl)cc2c(c1Cl)CCN(C(=O)c1ccc3ccoc3c1)C2. The Labute approximate surface area is 340 Å². The number of nitrogens with zero attached hydrogens (tertiary/aromatic N) is 1. The lowest BCUT2D eigenvalue weighted by atomic mass is 9.95. The molecule has 1 saturated heterocycles. The van der Waals surface area contributed by atoms with E-state index in [9.17, 15) is 31.8 Å². The molecule has 12 nitrogen and oxygen atoms in total. The van der Waals surface area contributed by atoms with E-state index < -0.39 is 49.8 Å². The molecule has 4 atom stereocenters. The molecule has 1 N–H and O–H groups in total. The molecule has 17 heteroatoms. The molecule has 0 bridgehead atoms. The van der Waals surface area contributed by atoms with Gasteiger partial charge in [0.2, 0.25) is 6.29 Å². The fraction of sp³-hybridized carbons (Fsp3) is 0.385. The van der Waals surface area contributed by atoms with Gasteiger partial charge >= 0.3 is 11.9 Å². The van der Waals surface area contributed by atoms with Crippen molar-refractivity contribution in [3.63, 3.8) is 0 Å². The Hall–Kier alpha value is -3.89. The zero-order valence-corrected chi connectivity index (χ0v) is 34.5. The van der Waals surface area contributed by atoms with Crippen LogP contribution in [0.4, 0.5) is 0 Å². The number of carbonyl (C=O) groups is 4. The van der Waals surface area contributed by atoms with Gasteiger partial charge in [-0.25, -0.2) is 17.4 Å². The van der Waals surface area contributed by atoms with Crippen LogP contribution in [-0.4, -0.2) is 77.4 Å². The number of hydrogen-bond acceptors (Lipinski definition) is 11. The number of hydrogen-bond donors (Lipinski definition) is 1. The van der Waals surface area contributed by atoms with E-state index in [-0.39, 0.29) is 51.0 Å². The van der Waals surface area contributed by atoms with Gasteiger partial charge in [0.05, 0.1) is 36.6 Å². The molecule has 2 aliphatic heterocycles. The van der Waals surface area contributed by atoms with Crippen LogP contribution in [0, 0.1) is 0 Å². The lowest BCUT2D eigenvalue weighted by Crippen LogP contribution is -2.45. The van der Waals surface area contributed by atoms with Crippen molar-refractivity contribution in [1.29, 1.82) is 0 Å². The van der Waals surface area contributed by atoms with E-state index >= 15 is 0 Å². The van der Waals surface area contributed by atoms with Crippen LogP contribution >= 0.6 is 34.0 Å². The lowest BCUT2D eigenvalue weighted by molar-refractivity contribution is -0.185. The number of ether oxygens (including phenoxy) is 2. The molecule has 1 aromatic heterocycles. The first kappa shape index (κ1) is 41.7. The van der Waals surface area contributed by atoms with Crippen LogP contribution in [0.15, 0.2) is 70.2 Å². The smallest absolute Gasteiger partial charge is 0.332 e. The second kappa shape index (κ2) is 18.1. The van der Waals surface area contributed by atoms with Crippen molar-refractivity contribution >= 4 is 88.4 Å². The minimum absolute atomic E-state index is 0.0102. The van der Waals surface area contributed by atoms with Crippen LogP contribution in [0.5, 0.6) is 0 Å². The lowest BCUT2D eigenvalue weighted by Gasteiger charge is -2.30. The van der Waals surface area contributed by atoms with E-state index in [2.05, 4.69) is 5.32 Å². The third-order valence-electron chi connectivity index (χ3n) is 9.63. The number of halogens is 2.